The van der Waals surface area contributed by atoms with E-state index in [9.17, 15) is 4.79 Å². The van der Waals surface area contributed by atoms with Gasteiger partial charge in [-0.15, -0.1) is 5.06 Å². The van der Waals surface area contributed by atoms with Gasteiger partial charge in [0.2, 0.25) is 0 Å². The Hall–Kier alpha value is -0.610. The number of nitrogens with zero attached hydrogens (tertiary/aromatic N) is 1. The van der Waals surface area contributed by atoms with Gasteiger partial charge in [0.05, 0.1) is 5.41 Å². The summed E-state index contributed by atoms with van der Waals surface area (Å²) in [5.74, 6) is 0.636. The predicted octanol–water partition coefficient (Wildman–Crippen LogP) is 3.11. The van der Waals surface area contributed by atoms with Gasteiger partial charge in [0.1, 0.15) is 0 Å². The van der Waals surface area contributed by atoms with Crippen LogP contribution in [0.4, 0.5) is 0 Å². The number of nitrogens with two attached hydrogens (primary N) is 1. The second-order valence-electron chi connectivity index (χ2n) is 7.96. The molecule has 0 radical (unpaired) electrons. The summed E-state index contributed by atoms with van der Waals surface area (Å²) in [6.45, 7) is 8.12. The van der Waals surface area contributed by atoms with Gasteiger partial charge in [-0.25, -0.2) is 4.79 Å². The van der Waals surface area contributed by atoms with Crippen LogP contribution in [0.1, 0.15) is 65.7 Å². The van der Waals surface area contributed by atoms with E-state index in [0.717, 1.165) is 38.4 Å². The van der Waals surface area contributed by atoms with E-state index in [2.05, 4.69) is 0 Å². The zero-order valence-electron chi connectivity index (χ0n) is 14.0. The maximum absolute atomic E-state index is 12.0. The minimum Gasteiger partial charge on any atom is -0.367 e. The van der Waals surface area contributed by atoms with Gasteiger partial charge in [-0.2, -0.15) is 0 Å². The summed E-state index contributed by atoms with van der Waals surface area (Å²) < 4.78 is 0. The smallest absolute Gasteiger partial charge is 0.330 e. The fourth-order valence-corrected chi connectivity index (χ4v) is 3.77. The highest BCUT2D eigenvalue weighted by atomic mass is 16.7. The van der Waals surface area contributed by atoms with Gasteiger partial charge in [-0.3, -0.25) is 0 Å². The average molecular weight is 296 g/mol. The molecule has 4 nitrogen and oxygen atoms in total. The van der Waals surface area contributed by atoms with Crippen molar-refractivity contribution in [3.8, 4) is 0 Å². The third kappa shape index (κ3) is 3.98. The van der Waals surface area contributed by atoms with E-state index < -0.39 is 5.41 Å². The molecule has 1 heterocycles. The van der Waals surface area contributed by atoms with Crippen LogP contribution in [0.5, 0.6) is 0 Å². The molecule has 0 spiro atoms. The highest BCUT2D eigenvalue weighted by Crippen LogP contribution is 2.45. The van der Waals surface area contributed by atoms with Crippen LogP contribution >= 0.6 is 0 Å². The predicted molar refractivity (Wildman–Crippen MR) is 84.4 cm³/mol. The molecule has 0 bridgehead atoms. The molecule has 2 fully saturated rings. The Morgan fingerprint density at radius 2 is 1.76 bits per heavy atom. The molecule has 2 rings (SSSR count). The molecule has 0 aromatic carbocycles. The largest absolute Gasteiger partial charge is 0.367 e. The lowest BCUT2D eigenvalue weighted by atomic mass is 9.64. The van der Waals surface area contributed by atoms with E-state index in [1.807, 2.05) is 25.8 Å². The Labute approximate surface area is 129 Å². The number of carbonyl (C=O) groups excluding carboxylic acids is 1. The molecule has 1 aliphatic carbocycles. The normalized spacial score (nSPS) is 24.8. The van der Waals surface area contributed by atoms with Gasteiger partial charge in [0.25, 0.3) is 0 Å². The molecule has 0 atom stereocenters. The average Bonchev–Trinajstić information content (AvgIpc) is 2.48. The van der Waals surface area contributed by atoms with Gasteiger partial charge in [0.15, 0.2) is 0 Å². The van der Waals surface area contributed by atoms with Crippen molar-refractivity contribution in [3.05, 3.63) is 0 Å². The standard InChI is InChI=1S/C17H32N2O2/c1-16(2,3)15(20)21-19-11-9-17(13-18,10-12-19)14-7-5-4-6-8-14/h14H,4-13,18H2,1-3H3. The van der Waals surface area contributed by atoms with Crippen LogP contribution in [0, 0.1) is 16.7 Å². The molecule has 1 saturated heterocycles. The van der Waals surface area contributed by atoms with E-state index in [0.29, 0.717) is 0 Å². The molecule has 2 N–H and O–H groups in total. The summed E-state index contributed by atoms with van der Waals surface area (Å²) in [6, 6.07) is 0. The first-order valence-electron chi connectivity index (χ1n) is 8.55. The second-order valence-corrected chi connectivity index (χ2v) is 7.96. The van der Waals surface area contributed by atoms with Crippen molar-refractivity contribution in [1.82, 2.24) is 5.06 Å². The zero-order chi connectivity index (χ0) is 15.5. The lowest BCUT2D eigenvalue weighted by Gasteiger charge is -2.47. The third-order valence-corrected chi connectivity index (χ3v) is 5.42. The molecule has 0 amide bonds. The van der Waals surface area contributed by atoms with Crippen LogP contribution in [0.2, 0.25) is 0 Å². The van der Waals surface area contributed by atoms with Gasteiger partial charge in [-0.1, -0.05) is 19.3 Å². The van der Waals surface area contributed by atoms with Gasteiger partial charge >= 0.3 is 5.97 Å². The molecular formula is C17H32N2O2. The Morgan fingerprint density at radius 3 is 2.24 bits per heavy atom. The lowest BCUT2D eigenvalue weighted by Crippen LogP contribution is -2.49. The molecule has 1 aliphatic heterocycles. The minimum absolute atomic E-state index is 0.139. The number of carbonyl (C=O) groups is 1. The van der Waals surface area contributed by atoms with E-state index in [1.165, 1.54) is 32.1 Å². The molecule has 0 aromatic rings. The Kier molecular flexibility index (Phi) is 5.31. The number of rotatable bonds is 3. The summed E-state index contributed by atoms with van der Waals surface area (Å²) in [5.41, 5.74) is 6.00. The molecule has 2 aliphatic rings. The quantitative estimate of drug-likeness (QED) is 0.869. The Morgan fingerprint density at radius 1 is 1.19 bits per heavy atom. The maximum atomic E-state index is 12.0. The Bertz CT molecular complexity index is 348. The summed E-state index contributed by atoms with van der Waals surface area (Å²) in [7, 11) is 0. The van der Waals surface area contributed by atoms with Gasteiger partial charge in [0, 0.05) is 13.1 Å². The molecule has 122 valence electrons. The van der Waals surface area contributed by atoms with Crippen molar-refractivity contribution in [2.45, 2.75) is 65.7 Å². The first-order chi connectivity index (χ1) is 9.87. The van der Waals surface area contributed by atoms with Crippen LogP contribution in [-0.2, 0) is 9.63 Å². The summed E-state index contributed by atoms with van der Waals surface area (Å²) >= 11 is 0. The van der Waals surface area contributed by atoms with E-state index in [4.69, 9.17) is 10.6 Å². The van der Waals surface area contributed by atoms with Crippen LogP contribution in [-0.4, -0.2) is 30.7 Å². The molecule has 21 heavy (non-hydrogen) atoms. The maximum Gasteiger partial charge on any atom is 0.330 e. The number of hydroxylamine groups is 2. The van der Waals surface area contributed by atoms with Crippen LogP contribution < -0.4 is 5.73 Å². The molecule has 4 heteroatoms. The summed E-state index contributed by atoms with van der Waals surface area (Å²) in [6.07, 6.45) is 8.88. The second kappa shape index (κ2) is 6.66. The van der Waals surface area contributed by atoms with Crippen molar-refractivity contribution in [2.24, 2.45) is 22.5 Å². The van der Waals surface area contributed by atoms with Crippen molar-refractivity contribution >= 4 is 5.97 Å². The van der Waals surface area contributed by atoms with Crippen molar-refractivity contribution in [2.75, 3.05) is 19.6 Å². The SMILES string of the molecule is CC(C)(C)C(=O)ON1CCC(CN)(C2CCCCC2)CC1. The molecule has 1 saturated carbocycles. The van der Waals surface area contributed by atoms with E-state index in [-0.39, 0.29) is 11.4 Å². The molecule has 0 unspecified atom stereocenters. The highest BCUT2D eigenvalue weighted by Gasteiger charge is 2.41. The minimum atomic E-state index is -0.439. The number of hydrogen-bond acceptors (Lipinski definition) is 4. The number of hydrogen-bond donors (Lipinski definition) is 1. The van der Waals surface area contributed by atoms with Gasteiger partial charge in [-0.05, 0) is 64.3 Å². The van der Waals surface area contributed by atoms with Crippen LogP contribution in [0.25, 0.3) is 0 Å². The van der Waals surface area contributed by atoms with Gasteiger partial charge < -0.3 is 10.6 Å². The van der Waals surface area contributed by atoms with E-state index >= 15 is 0 Å². The zero-order valence-corrected chi connectivity index (χ0v) is 14.0. The van der Waals surface area contributed by atoms with Crippen LogP contribution in [0.15, 0.2) is 0 Å². The summed E-state index contributed by atoms with van der Waals surface area (Å²) in [4.78, 5) is 17.5. The first kappa shape index (κ1) is 16.8. The lowest BCUT2D eigenvalue weighted by molar-refractivity contribution is -0.211. The summed E-state index contributed by atoms with van der Waals surface area (Å²) in [5, 5.41) is 1.85. The first-order valence-corrected chi connectivity index (χ1v) is 8.55. The number of piperidine rings is 1. The van der Waals surface area contributed by atoms with Crippen molar-refractivity contribution in [3.63, 3.8) is 0 Å². The fourth-order valence-electron chi connectivity index (χ4n) is 3.77. The third-order valence-electron chi connectivity index (χ3n) is 5.42. The van der Waals surface area contributed by atoms with Crippen molar-refractivity contribution < 1.29 is 9.63 Å². The topological polar surface area (TPSA) is 55.6 Å². The van der Waals surface area contributed by atoms with Crippen molar-refractivity contribution in [1.29, 1.82) is 0 Å². The molecular weight excluding hydrogens is 264 g/mol. The monoisotopic (exact) mass is 296 g/mol. The van der Waals surface area contributed by atoms with Crippen LogP contribution in [0.3, 0.4) is 0 Å². The highest BCUT2D eigenvalue weighted by molar-refractivity contribution is 5.75. The Balaban J connectivity index is 1.90. The van der Waals surface area contributed by atoms with E-state index in [1.54, 1.807) is 0 Å². The fraction of sp³-hybridized carbons (Fsp3) is 0.941. The molecule has 0 aromatic heterocycles.